The van der Waals surface area contributed by atoms with Crippen LogP contribution in [0.15, 0.2) is 18.2 Å². The van der Waals surface area contributed by atoms with Crippen molar-refractivity contribution in [2.75, 3.05) is 7.11 Å². The lowest BCUT2D eigenvalue weighted by Crippen LogP contribution is -2.02. The van der Waals surface area contributed by atoms with E-state index in [4.69, 9.17) is 58.0 Å². The molecule has 2 rings (SSSR count). The van der Waals surface area contributed by atoms with Gasteiger partial charge in [0.15, 0.2) is 0 Å². The summed E-state index contributed by atoms with van der Waals surface area (Å²) in [5.74, 6) is -1.38. The van der Waals surface area contributed by atoms with Gasteiger partial charge in [-0.05, 0) is 23.8 Å². The number of hydrogen-bond donors (Lipinski definition) is 0. The average Bonchev–Trinajstić information content (AvgIpc) is 2.50. The quantitative estimate of drug-likeness (QED) is 0.324. The number of hydrogen-bond acceptors (Lipinski definition) is 2. The minimum Gasteiger partial charge on any atom is -0.465 e. The third-order valence-electron chi connectivity index (χ3n) is 2.82. The zero-order chi connectivity index (χ0) is 16.6. The number of esters is 1. The maximum atomic E-state index is 13.8. The van der Waals surface area contributed by atoms with E-state index in [1.54, 1.807) is 0 Å². The highest BCUT2D eigenvalue weighted by molar-refractivity contribution is 6.56. The Morgan fingerprint density at radius 3 is 1.91 bits per heavy atom. The van der Waals surface area contributed by atoms with Crippen LogP contribution < -0.4 is 0 Å². The van der Waals surface area contributed by atoms with E-state index >= 15 is 0 Å². The fourth-order valence-corrected chi connectivity index (χ4v) is 3.18. The van der Waals surface area contributed by atoms with Crippen molar-refractivity contribution < 1.29 is 13.9 Å². The highest BCUT2D eigenvalue weighted by Crippen LogP contribution is 2.48. The van der Waals surface area contributed by atoms with Crippen LogP contribution in [0.4, 0.5) is 4.39 Å². The maximum absolute atomic E-state index is 13.8. The molecule has 0 amide bonds. The van der Waals surface area contributed by atoms with Crippen molar-refractivity contribution >= 4 is 64.0 Å². The van der Waals surface area contributed by atoms with Crippen molar-refractivity contribution in [2.24, 2.45) is 0 Å². The van der Waals surface area contributed by atoms with Crippen LogP contribution in [0.5, 0.6) is 0 Å². The molecule has 8 heteroatoms. The predicted molar refractivity (Wildman–Crippen MR) is 88.2 cm³/mol. The first-order valence-electron chi connectivity index (χ1n) is 5.68. The number of ether oxygens (including phenoxy) is 1. The lowest BCUT2D eigenvalue weighted by atomic mass is 10.0. The number of halogens is 6. The smallest absolute Gasteiger partial charge is 0.337 e. The monoisotopic (exact) mass is 400 g/mol. The summed E-state index contributed by atoms with van der Waals surface area (Å²) < 4.78 is 18.3. The zero-order valence-corrected chi connectivity index (χ0v) is 14.6. The van der Waals surface area contributed by atoms with Crippen molar-refractivity contribution in [2.45, 2.75) is 0 Å². The lowest BCUT2D eigenvalue weighted by Gasteiger charge is -2.13. The van der Waals surface area contributed by atoms with E-state index in [0.29, 0.717) is 0 Å². The molecule has 0 aliphatic carbocycles. The van der Waals surface area contributed by atoms with Crippen LogP contribution in [0.3, 0.4) is 0 Å². The minimum absolute atomic E-state index is 0.00230. The second kappa shape index (κ2) is 6.81. The molecule has 2 nitrogen and oxygen atoms in total. The molecule has 2 aromatic carbocycles. The SMILES string of the molecule is COC(=O)c1cc(F)cc(-c2c(Cl)c(Cl)c(Cl)c(Cl)c2Cl)c1. The average molecular weight is 402 g/mol. The number of methoxy groups -OCH3 is 1. The Labute approximate surface area is 150 Å². The fraction of sp³-hybridized carbons (Fsp3) is 0.0714. The molecule has 0 radical (unpaired) electrons. The van der Waals surface area contributed by atoms with Gasteiger partial charge in [0, 0.05) is 5.56 Å². The van der Waals surface area contributed by atoms with Crippen molar-refractivity contribution in [3.05, 3.63) is 54.7 Å². The number of carbonyl (C=O) groups is 1. The Hall–Kier alpha value is -0.710. The van der Waals surface area contributed by atoms with E-state index in [9.17, 15) is 9.18 Å². The van der Waals surface area contributed by atoms with E-state index in [-0.39, 0.29) is 41.8 Å². The first-order valence-corrected chi connectivity index (χ1v) is 7.57. The minimum atomic E-state index is -0.709. The number of carbonyl (C=O) groups excluding carboxylic acids is 1. The van der Waals surface area contributed by atoms with Crippen LogP contribution in [0.25, 0.3) is 11.1 Å². The molecule has 0 heterocycles. The summed E-state index contributed by atoms with van der Waals surface area (Å²) in [4.78, 5) is 11.6. The molecule has 2 aromatic rings. The van der Waals surface area contributed by atoms with Crippen LogP contribution in [0.2, 0.25) is 25.1 Å². The van der Waals surface area contributed by atoms with Crippen LogP contribution in [-0.4, -0.2) is 13.1 Å². The van der Waals surface area contributed by atoms with Crippen molar-refractivity contribution in [3.63, 3.8) is 0 Å². The second-order valence-electron chi connectivity index (χ2n) is 4.17. The molecule has 0 spiro atoms. The first-order chi connectivity index (χ1) is 10.3. The molecule has 0 aromatic heterocycles. The molecule has 0 N–H and O–H groups in total. The van der Waals surface area contributed by atoms with Gasteiger partial charge in [-0.2, -0.15) is 0 Å². The Bertz CT molecular complexity index is 747. The molecule has 0 fully saturated rings. The molecule has 0 atom stereocenters. The van der Waals surface area contributed by atoms with Gasteiger partial charge in [0.2, 0.25) is 0 Å². The number of rotatable bonds is 2. The largest absolute Gasteiger partial charge is 0.465 e. The zero-order valence-electron chi connectivity index (χ0n) is 10.8. The van der Waals surface area contributed by atoms with E-state index < -0.39 is 11.8 Å². The Morgan fingerprint density at radius 2 is 1.41 bits per heavy atom. The molecular weight excluding hydrogens is 396 g/mol. The normalized spacial score (nSPS) is 10.7. The molecule has 22 heavy (non-hydrogen) atoms. The predicted octanol–water partition coefficient (Wildman–Crippen LogP) is 6.55. The van der Waals surface area contributed by atoms with Crippen LogP contribution in [0.1, 0.15) is 10.4 Å². The van der Waals surface area contributed by atoms with Crippen molar-refractivity contribution in [1.29, 1.82) is 0 Å². The molecule has 0 aliphatic heterocycles. The van der Waals surface area contributed by atoms with Gasteiger partial charge in [-0.25, -0.2) is 9.18 Å². The maximum Gasteiger partial charge on any atom is 0.337 e. The number of benzene rings is 2. The van der Waals surface area contributed by atoms with Crippen molar-refractivity contribution in [3.8, 4) is 11.1 Å². The highest BCUT2D eigenvalue weighted by atomic mass is 35.5. The summed E-state index contributed by atoms with van der Waals surface area (Å²) in [5.41, 5.74) is 0.384. The fourth-order valence-electron chi connectivity index (χ4n) is 1.83. The van der Waals surface area contributed by atoms with Gasteiger partial charge < -0.3 is 4.74 Å². The molecule has 0 saturated carbocycles. The van der Waals surface area contributed by atoms with Crippen LogP contribution in [0, 0.1) is 5.82 Å². The molecule has 0 unspecified atom stereocenters. The summed E-state index contributed by atoms with van der Waals surface area (Å²) in [6.07, 6.45) is 0. The molecule has 116 valence electrons. The lowest BCUT2D eigenvalue weighted by molar-refractivity contribution is 0.0600. The standard InChI is InChI=1S/C14H6Cl5FO2/c1-22-14(21)6-2-5(3-7(20)4-6)8-9(15)11(17)13(19)12(18)10(8)16/h2-4H,1H3. The van der Waals surface area contributed by atoms with E-state index in [1.807, 2.05) is 0 Å². The molecule has 0 saturated heterocycles. The van der Waals surface area contributed by atoms with Gasteiger partial charge in [0.1, 0.15) is 5.82 Å². The summed E-state index contributed by atoms with van der Waals surface area (Å²) in [7, 11) is 1.18. The Morgan fingerprint density at radius 1 is 0.909 bits per heavy atom. The van der Waals surface area contributed by atoms with Gasteiger partial charge in [0.25, 0.3) is 0 Å². The van der Waals surface area contributed by atoms with Gasteiger partial charge in [-0.15, -0.1) is 0 Å². The first kappa shape index (κ1) is 17.6. The molecule has 0 bridgehead atoms. The van der Waals surface area contributed by atoms with Crippen LogP contribution >= 0.6 is 58.0 Å². The third-order valence-corrected chi connectivity index (χ3v) is 5.09. The third kappa shape index (κ3) is 3.15. The topological polar surface area (TPSA) is 26.3 Å². The van der Waals surface area contributed by atoms with E-state index in [2.05, 4.69) is 4.74 Å². The van der Waals surface area contributed by atoms with Gasteiger partial charge in [-0.3, -0.25) is 0 Å². The molecule has 0 aliphatic rings. The van der Waals surface area contributed by atoms with E-state index in [0.717, 1.165) is 12.1 Å². The second-order valence-corrected chi connectivity index (χ2v) is 6.05. The van der Waals surface area contributed by atoms with E-state index in [1.165, 1.54) is 13.2 Å². The Kier molecular flexibility index (Phi) is 5.46. The summed E-state index contributed by atoms with van der Waals surface area (Å²) in [6.45, 7) is 0. The summed E-state index contributed by atoms with van der Waals surface area (Å²) in [6, 6.07) is 3.53. The highest BCUT2D eigenvalue weighted by Gasteiger charge is 2.22. The van der Waals surface area contributed by atoms with Crippen LogP contribution in [-0.2, 0) is 4.74 Å². The van der Waals surface area contributed by atoms with Crippen molar-refractivity contribution in [1.82, 2.24) is 0 Å². The van der Waals surface area contributed by atoms with Gasteiger partial charge in [-0.1, -0.05) is 58.0 Å². The van der Waals surface area contributed by atoms with Gasteiger partial charge in [0.05, 0.1) is 37.8 Å². The summed E-state index contributed by atoms with van der Waals surface area (Å²) in [5, 5.41) is -0.0372. The molecular formula is C14H6Cl5FO2. The van der Waals surface area contributed by atoms with Gasteiger partial charge >= 0.3 is 5.97 Å². The summed E-state index contributed by atoms with van der Waals surface area (Å²) >= 11 is 30.1. The Balaban J connectivity index is 2.78.